The topological polar surface area (TPSA) is 75.4 Å². The molecular formula is C14H25N3O2S2. The molecule has 7 heteroatoms. The van der Waals surface area contributed by atoms with Gasteiger partial charge in [-0.25, -0.2) is 13.1 Å². The number of thiophene rings is 1. The van der Waals surface area contributed by atoms with E-state index in [0.717, 1.165) is 22.8 Å². The Morgan fingerprint density at radius 3 is 2.62 bits per heavy atom. The van der Waals surface area contributed by atoms with Crippen molar-refractivity contribution in [1.29, 1.82) is 0 Å². The first kappa shape index (κ1) is 16.9. The summed E-state index contributed by atoms with van der Waals surface area (Å²) in [6.45, 7) is 6.88. The normalized spacial score (nSPS) is 18.8. The summed E-state index contributed by atoms with van der Waals surface area (Å²) < 4.78 is 27.6. The lowest BCUT2D eigenvalue weighted by molar-refractivity contribution is 0.175. The van der Waals surface area contributed by atoms with Gasteiger partial charge in [0.15, 0.2) is 0 Å². The molecule has 1 atom stereocenters. The maximum Gasteiger partial charge on any atom is 0.241 e. The first-order chi connectivity index (χ1) is 9.94. The maximum atomic E-state index is 12.4. The third kappa shape index (κ3) is 4.26. The number of hydrogen-bond donors (Lipinski definition) is 2. The number of likely N-dealkylation sites (tertiary alicyclic amines) is 1. The largest absolute Gasteiger partial charge is 0.326 e. The molecule has 5 nitrogen and oxygen atoms in total. The van der Waals surface area contributed by atoms with Crippen LogP contribution in [-0.4, -0.2) is 39.0 Å². The second kappa shape index (κ2) is 7.19. The van der Waals surface area contributed by atoms with Crippen LogP contribution in [0.3, 0.4) is 0 Å². The lowest BCUT2D eigenvalue weighted by Gasteiger charge is -2.32. The van der Waals surface area contributed by atoms with Gasteiger partial charge in [0.2, 0.25) is 10.0 Å². The molecule has 1 aliphatic rings. The van der Waals surface area contributed by atoms with Crippen molar-refractivity contribution >= 4 is 21.4 Å². The van der Waals surface area contributed by atoms with Crippen LogP contribution in [0.4, 0.5) is 0 Å². The molecule has 1 fully saturated rings. The van der Waals surface area contributed by atoms with Crippen molar-refractivity contribution in [2.75, 3.05) is 19.6 Å². The van der Waals surface area contributed by atoms with Crippen LogP contribution in [0, 0.1) is 6.92 Å². The Morgan fingerprint density at radius 2 is 2.05 bits per heavy atom. The van der Waals surface area contributed by atoms with Crippen molar-refractivity contribution in [2.45, 2.75) is 50.6 Å². The second-order valence-corrected chi connectivity index (χ2v) is 8.71. The van der Waals surface area contributed by atoms with Crippen LogP contribution in [0.25, 0.3) is 0 Å². The number of nitrogens with zero attached hydrogens (tertiary/aromatic N) is 1. The summed E-state index contributed by atoms with van der Waals surface area (Å²) in [5, 5.41) is 0. The highest BCUT2D eigenvalue weighted by molar-refractivity contribution is 7.89. The minimum absolute atomic E-state index is 0.230. The predicted octanol–water partition coefficient (Wildman–Crippen LogP) is 1.67. The van der Waals surface area contributed by atoms with Gasteiger partial charge in [0.05, 0.1) is 4.90 Å². The van der Waals surface area contributed by atoms with E-state index in [1.807, 2.05) is 6.92 Å². The van der Waals surface area contributed by atoms with Crippen molar-refractivity contribution < 1.29 is 8.42 Å². The predicted molar refractivity (Wildman–Crippen MR) is 87.0 cm³/mol. The van der Waals surface area contributed by atoms with E-state index < -0.39 is 10.0 Å². The molecule has 1 aliphatic heterocycles. The van der Waals surface area contributed by atoms with Crippen molar-refractivity contribution in [2.24, 2.45) is 5.73 Å². The Morgan fingerprint density at radius 1 is 1.38 bits per heavy atom. The SMILES string of the molecule is Cc1sc(CN)cc1S(=O)(=O)NCC(C)N1CCCCC1. The fraction of sp³-hybridized carbons (Fsp3) is 0.714. The van der Waals surface area contributed by atoms with E-state index in [1.54, 1.807) is 6.07 Å². The van der Waals surface area contributed by atoms with Crippen LogP contribution in [0.2, 0.25) is 0 Å². The van der Waals surface area contributed by atoms with Gasteiger partial charge in [-0.05, 0) is 45.8 Å². The summed E-state index contributed by atoms with van der Waals surface area (Å²) >= 11 is 1.45. The summed E-state index contributed by atoms with van der Waals surface area (Å²) in [4.78, 5) is 4.43. The minimum Gasteiger partial charge on any atom is -0.326 e. The molecule has 3 N–H and O–H groups in total. The van der Waals surface area contributed by atoms with Gasteiger partial charge in [-0.2, -0.15) is 0 Å². The molecule has 1 unspecified atom stereocenters. The number of sulfonamides is 1. The molecule has 1 aromatic rings. The zero-order chi connectivity index (χ0) is 15.5. The molecule has 0 aromatic carbocycles. The molecule has 1 saturated heterocycles. The van der Waals surface area contributed by atoms with Gasteiger partial charge in [0, 0.05) is 28.9 Å². The zero-order valence-corrected chi connectivity index (χ0v) is 14.4. The van der Waals surface area contributed by atoms with Crippen molar-refractivity contribution in [3.8, 4) is 0 Å². The molecule has 1 aromatic heterocycles. The Bertz CT molecular complexity index is 563. The van der Waals surface area contributed by atoms with E-state index in [4.69, 9.17) is 5.73 Å². The van der Waals surface area contributed by atoms with Gasteiger partial charge in [-0.3, -0.25) is 4.90 Å². The molecule has 120 valence electrons. The fourth-order valence-electron chi connectivity index (χ4n) is 2.69. The monoisotopic (exact) mass is 331 g/mol. The van der Waals surface area contributed by atoms with Gasteiger partial charge in [-0.15, -0.1) is 11.3 Å². The quantitative estimate of drug-likeness (QED) is 0.831. The van der Waals surface area contributed by atoms with Gasteiger partial charge in [0.1, 0.15) is 0 Å². The number of nitrogens with one attached hydrogen (secondary N) is 1. The smallest absolute Gasteiger partial charge is 0.241 e. The summed E-state index contributed by atoms with van der Waals surface area (Å²) in [5.41, 5.74) is 5.58. The number of hydrogen-bond acceptors (Lipinski definition) is 5. The minimum atomic E-state index is -3.44. The summed E-state index contributed by atoms with van der Waals surface area (Å²) in [5.74, 6) is 0. The van der Waals surface area contributed by atoms with E-state index in [-0.39, 0.29) is 6.04 Å². The van der Waals surface area contributed by atoms with E-state index in [1.165, 1.54) is 30.6 Å². The average Bonchev–Trinajstić information content (AvgIpc) is 2.88. The Hall–Kier alpha value is -0.470. The third-order valence-corrected chi connectivity index (χ3v) is 6.75. The van der Waals surface area contributed by atoms with Crippen LogP contribution in [0.15, 0.2) is 11.0 Å². The van der Waals surface area contributed by atoms with Crippen molar-refractivity contribution in [3.05, 3.63) is 15.8 Å². The summed E-state index contributed by atoms with van der Waals surface area (Å²) in [6, 6.07) is 1.92. The van der Waals surface area contributed by atoms with Crippen molar-refractivity contribution in [1.82, 2.24) is 9.62 Å². The van der Waals surface area contributed by atoms with E-state index >= 15 is 0 Å². The fourth-order valence-corrected chi connectivity index (χ4v) is 5.32. The van der Waals surface area contributed by atoms with Gasteiger partial charge >= 0.3 is 0 Å². The van der Waals surface area contributed by atoms with Crippen LogP contribution >= 0.6 is 11.3 Å². The molecule has 0 saturated carbocycles. The first-order valence-corrected chi connectivity index (χ1v) is 9.77. The molecule has 21 heavy (non-hydrogen) atoms. The molecule has 0 spiro atoms. The van der Waals surface area contributed by atoms with Gasteiger partial charge < -0.3 is 5.73 Å². The Balaban J connectivity index is 1.98. The molecule has 0 aliphatic carbocycles. The Labute approximate surface area is 131 Å². The number of aryl methyl sites for hydroxylation is 1. The van der Waals surface area contributed by atoms with Crippen molar-refractivity contribution in [3.63, 3.8) is 0 Å². The molecule has 2 rings (SSSR count). The van der Waals surface area contributed by atoms with Crippen LogP contribution in [0.5, 0.6) is 0 Å². The van der Waals surface area contributed by atoms with Gasteiger partial charge in [-0.1, -0.05) is 6.42 Å². The first-order valence-electron chi connectivity index (χ1n) is 7.47. The van der Waals surface area contributed by atoms with E-state index in [2.05, 4.69) is 16.5 Å². The molecule has 0 radical (unpaired) electrons. The highest BCUT2D eigenvalue weighted by atomic mass is 32.2. The molecule has 0 amide bonds. The van der Waals surface area contributed by atoms with Gasteiger partial charge in [0.25, 0.3) is 0 Å². The third-order valence-electron chi connectivity index (χ3n) is 4.00. The van der Waals surface area contributed by atoms with Crippen LogP contribution in [0.1, 0.15) is 35.9 Å². The number of nitrogens with two attached hydrogens (primary N) is 1. The summed E-state index contributed by atoms with van der Waals surface area (Å²) in [6.07, 6.45) is 3.70. The molecule has 0 bridgehead atoms. The van der Waals surface area contributed by atoms with Crippen LogP contribution < -0.4 is 10.5 Å². The van der Waals surface area contributed by atoms with E-state index in [9.17, 15) is 8.42 Å². The highest BCUT2D eigenvalue weighted by Crippen LogP contribution is 2.25. The van der Waals surface area contributed by atoms with Crippen LogP contribution in [-0.2, 0) is 16.6 Å². The standard InChI is InChI=1S/C14H25N3O2S2/c1-11(17-6-4-3-5-7-17)10-16-21(18,19)14-8-13(9-15)20-12(14)2/h8,11,16H,3-7,9-10,15H2,1-2H3. The lowest BCUT2D eigenvalue weighted by Crippen LogP contribution is -2.44. The zero-order valence-electron chi connectivity index (χ0n) is 12.8. The lowest BCUT2D eigenvalue weighted by atomic mass is 10.1. The molecular weight excluding hydrogens is 306 g/mol. The molecule has 2 heterocycles. The van der Waals surface area contributed by atoms with E-state index in [0.29, 0.717) is 18.0 Å². The Kier molecular flexibility index (Phi) is 5.79. The average molecular weight is 332 g/mol. The maximum absolute atomic E-state index is 12.4. The number of piperidine rings is 1. The highest BCUT2D eigenvalue weighted by Gasteiger charge is 2.22. The second-order valence-electron chi connectivity index (χ2n) is 5.63. The summed E-state index contributed by atoms with van der Waals surface area (Å²) in [7, 11) is -3.44. The number of rotatable bonds is 6.